The SMILES string of the molecule is CC(C)CN(Cc1ccccc1Br)C(C#Cc1ccccc1)C(C)C. The molecule has 0 aliphatic rings. The fraction of sp³-hybridized carbons (Fsp3) is 0.391. The minimum atomic E-state index is 0.231. The monoisotopic (exact) mass is 397 g/mol. The van der Waals surface area contributed by atoms with Crippen LogP contribution >= 0.6 is 15.9 Å². The summed E-state index contributed by atoms with van der Waals surface area (Å²) in [5.74, 6) is 7.99. The van der Waals surface area contributed by atoms with Crippen molar-refractivity contribution in [3.8, 4) is 11.8 Å². The average Bonchev–Trinajstić information content (AvgIpc) is 2.57. The van der Waals surface area contributed by atoms with Gasteiger partial charge in [-0.2, -0.15) is 0 Å². The zero-order valence-electron chi connectivity index (χ0n) is 15.7. The Kier molecular flexibility index (Phi) is 7.75. The molecule has 1 nitrogen and oxygen atoms in total. The van der Waals surface area contributed by atoms with Crippen molar-refractivity contribution in [3.05, 3.63) is 70.2 Å². The highest BCUT2D eigenvalue weighted by Gasteiger charge is 2.21. The molecule has 0 radical (unpaired) electrons. The maximum absolute atomic E-state index is 3.69. The van der Waals surface area contributed by atoms with Gasteiger partial charge in [0.25, 0.3) is 0 Å². The van der Waals surface area contributed by atoms with E-state index in [-0.39, 0.29) is 6.04 Å². The van der Waals surface area contributed by atoms with Gasteiger partial charge in [-0.15, -0.1) is 0 Å². The Labute approximate surface area is 161 Å². The largest absolute Gasteiger partial charge is 0.285 e. The number of hydrogen-bond acceptors (Lipinski definition) is 1. The Balaban J connectivity index is 2.28. The van der Waals surface area contributed by atoms with Crippen LogP contribution in [0.25, 0.3) is 0 Å². The Morgan fingerprint density at radius 2 is 1.56 bits per heavy atom. The van der Waals surface area contributed by atoms with Gasteiger partial charge in [-0.05, 0) is 35.6 Å². The summed E-state index contributed by atoms with van der Waals surface area (Å²) in [6.45, 7) is 11.0. The zero-order chi connectivity index (χ0) is 18.2. The molecule has 25 heavy (non-hydrogen) atoms. The van der Waals surface area contributed by atoms with Gasteiger partial charge < -0.3 is 0 Å². The van der Waals surface area contributed by atoms with Crippen LogP contribution in [0.2, 0.25) is 0 Å². The Morgan fingerprint density at radius 1 is 0.920 bits per heavy atom. The third-order valence-electron chi connectivity index (χ3n) is 4.09. The van der Waals surface area contributed by atoms with E-state index in [1.165, 1.54) is 10.0 Å². The second-order valence-electron chi connectivity index (χ2n) is 7.24. The lowest BCUT2D eigenvalue weighted by atomic mass is 10.00. The molecule has 0 bridgehead atoms. The molecule has 1 unspecified atom stereocenters. The Hall–Kier alpha value is -1.56. The molecule has 2 aromatic rings. The van der Waals surface area contributed by atoms with E-state index in [0.717, 1.165) is 18.7 Å². The highest BCUT2D eigenvalue weighted by Crippen LogP contribution is 2.22. The van der Waals surface area contributed by atoms with Gasteiger partial charge in [0.15, 0.2) is 0 Å². The standard InChI is InChI=1S/C23H28BrN/c1-18(2)16-25(17-21-12-8-9-13-22(21)24)23(19(3)4)15-14-20-10-6-5-7-11-20/h5-13,18-19,23H,16-17H2,1-4H3. The number of rotatable bonds is 6. The van der Waals surface area contributed by atoms with Crippen LogP contribution in [0.3, 0.4) is 0 Å². The van der Waals surface area contributed by atoms with Crippen LogP contribution in [0.1, 0.15) is 38.8 Å². The lowest BCUT2D eigenvalue weighted by molar-refractivity contribution is 0.168. The molecule has 0 aromatic heterocycles. The summed E-state index contributed by atoms with van der Waals surface area (Å²) in [5.41, 5.74) is 2.40. The molecule has 2 heteroatoms. The number of halogens is 1. The van der Waals surface area contributed by atoms with Crippen LogP contribution in [0.15, 0.2) is 59.1 Å². The molecule has 2 aromatic carbocycles. The first-order valence-corrected chi connectivity index (χ1v) is 9.80. The lowest BCUT2D eigenvalue weighted by Crippen LogP contribution is -2.40. The van der Waals surface area contributed by atoms with Crippen LogP contribution in [0.5, 0.6) is 0 Å². The molecule has 0 fully saturated rings. The summed E-state index contributed by atoms with van der Waals surface area (Å²) < 4.78 is 1.17. The molecule has 0 aliphatic carbocycles. The second-order valence-corrected chi connectivity index (χ2v) is 8.09. The van der Waals surface area contributed by atoms with Crippen LogP contribution in [-0.4, -0.2) is 17.5 Å². The quantitative estimate of drug-likeness (QED) is 0.541. The fourth-order valence-electron chi connectivity index (χ4n) is 2.95. The zero-order valence-corrected chi connectivity index (χ0v) is 17.3. The summed E-state index contributed by atoms with van der Waals surface area (Å²) in [6.07, 6.45) is 0. The van der Waals surface area contributed by atoms with E-state index in [2.05, 4.69) is 96.8 Å². The molecule has 0 amide bonds. The van der Waals surface area contributed by atoms with E-state index in [9.17, 15) is 0 Å². The smallest absolute Gasteiger partial charge is 0.0744 e. The molecular formula is C23H28BrN. The molecule has 0 spiro atoms. The predicted molar refractivity (Wildman–Crippen MR) is 111 cm³/mol. The molecule has 0 saturated heterocycles. The maximum Gasteiger partial charge on any atom is 0.0744 e. The molecule has 0 heterocycles. The first-order valence-electron chi connectivity index (χ1n) is 9.01. The van der Waals surface area contributed by atoms with E-state index >= 15 is 0 Å². The predicted octanol–water partition coefficient (Wildman–Crippen LogP) is 5.98. The van der Waals surface area contributed by atoms with Crippen molar-refractivity contribution < 1.29 is 0 Å². The fourth-order valence-corrected chi connectivity index (χ4v) is 3.36. The van der Waals surface area contributed by atoms with Crippen molar-refractivity contribution in [1.82, 2.24) is 4.90 Å². The number of nitrogens with zero attached hydrogens (tertiary/aromatic N) is 1. The molecule has 0 N–H and O–H groups in total. The van der Waals surface area contributed by atoms with Crippen molar-refractivity contribution in [1.29, 1.82) is 0 Å². The highest BCUT2D eigenvalue weighted by molar-refractivity contribution is 9.10. The molecule has 0 aliphatic heterocycles. The van der Waals surface area contributed by atoms with Gasteiger partial charge in [0, 0.05) is 23.1 Å². The van der Waals surface area contributed by atoms with Gasteiger partial charge in [-0.1, -0.05) is 91.9 Å². The van der Waals surface area contributed by atoms with Crippen molar-refractivity contribution in [2.45, 2.75) is 40.3 Å². The van der Waals surface area contributed by atoms with E-state index in [1.807, 2.05) is 18.2 Å². The van der Waals surface area contributed by atoms with Gasteiger partial charge in [-0.25, -0.2) is 0 Å². The van der Waals surface area contributed by atoms with E-state index in [4.69, 9.17) is 0 Å². The first kappa shape index (κ1) is 19.8. The summed E-state index contributed by atoms with van der Waals surface area (Å²) in [7, 11) is 0. The van der Waals surface area contributed by atoms with Crippen LogP contribution in [-0.2, 0) is 6.54 Å². The summed E-state index contributed by atoms with van der Waals surface area (Å²) in [5, 5.41) is 0. The summed E-state index contributed by atoms with van der Waals surface area (Å²) in [6, 6.07) is 19.0. The van der Waals surface area contributed by atoms with E-state index < -0.39 is 0 Å². The summed E-state index contributed by atoms with van der Waals surface area (Å²) in [4.78, 5) is 2.52. The molecular weight excluding hydrogens is 370 g/mol. The number of hydrogen-bond donors (Lipinski definition) is 0. The van der Waals surface area contributed by atoms with Crippen LogP contribution in [0.4, 0.5) is 0 Å². The first-order chi connectivity index (χ1) is 12.0. The average molecular weight is 398 g/mol. The Bertz CT molecular complexity index is 710. The second kappa shape index (κ2) is 9.80. The third-order valence-corrected chi connectivity index (χ3v) is 4.87. The van der Waals surface area contributed by atoms with Crippen molar-refractivity contribution in [2.75, 3.05) is 6.54 Å². The van der Waals surface area contributed by atoms with Gasteiger partial charge >= 0.3 is 0 Å². The lowest BCUT2D eigenvalue weighted by Gasteiger charge is -2.32. The third kappa shape index (κ3) is 6.34. The molecule has 0 saturated carbocycles. The van der Waals surface area contributed by atoms with Gasteiger partial charge in [0.1, 0.15) is 0 Å². The van der Waals surface area contributed by atoms with Gasteiger partial charge in [0.2, 0.25) is 0 Å². The van der Waals surface area contributed by atoms with Crippen molar-refractivity contribution >= 4 is 15.9 Å². The maximum atomic E-state index is 3.69. The minimum Gasteiger partial charge on any atom is -0.285 e. The highest BCUT2D eigenvalue weighted by atomic mass is 79.9. The molecule has 2 rings (SSSR count). The normalized spacial score (nSPS) is 12.3. The van der Waals surface area contributed by atoms with E-state index in [0.29, 0.717) is 11.8 Å². The van der Waals surface area contributed by atoms with Gasteiger partial charge in [0.05, 0.1) is 6.04 Å². The summed E-state index contributed by atoms with van der Waals surface area (Å²) >= 11 is 3.69. The van der Waals surface area contributed by atoms with Gasteiger partial charge in [-0.3, -0.25) is 4.90 Å². The topological polar surface area (TPSA) is 3.24 Å². The number of benzene rings is 2. The van der Waals surface area contributed by atoms with Crippen LogP contribution in [0, 0.1) is 23.7 Å². The van der Waals surface area contributed by atoms with Crippen LogP contribution < -0.4 is 0 Å². The molecule has 1 atom stereocenters. The molecule has 132 valence electrons. The van der Waals surface area contributed by atoms with Crippen molar-refractivity contribution in [3.63, 3.8) is 0 Å². The van der Waals surface area contributed by atoms with Crippen molar-refractivity contribution in [2.24, 2.45) is 11.8 Å². The van der Waals surface area contributed by atoms with E-state index in [1.54, 1.807) is 0 Å². The Morgan fingerprint density at radius 3 is 2.16 bits per heavy atom. The minimum absolute atomic E-state index is 0.231.